The van der Waals surface area contributed by atoms with Crippen molar-refractivity contribution in [1.82, 2.24) is 9.78 Å². The Morgan fingerprint density at radius 3 is 2.31 bits per heavy atom. The molecule has 0 amide bonds. The van der Waals surface area contributed by atoms with E-state index in [1.54, 1.807) is 13.8 Å². The van der Waals surface area contributed by atoms with Crippen LogP contribution in [0.25, 0.3) is 16.8 Å². The van der Waals surface area contributed by atoms with Crippen LogP contribution in [0.5, 0.6) is 5.75 Å². The molecule has 0 fully saturated rings. The quantitative estimate of drug-likeness (QED) is 0.633. The molecule has 6 nitrogen and oxygen atoms in total. The summed E-state index contributed by atoms with van der Waals surface area (Å²) in [4.78, 5) is 13.1. The second kappa shape index (κ2) is 7.75. The van der Waals surface area contributed by atoms with Crippen LogP contribution in [0.2, 0.25) is 0 Å². The maximum absolute atomic E-state index is 14.1. The predicted molar refractivity (Wildman–Crippen MR) is 104 cm³/mol. The highest BCUT2D eigenvalue weighted by molar-refractivity contribution is 7.90. The van der Waals surface area contributed by atoms with Gasteiger partial charge < -0.3 is 4.74 Å². The summed E-state index contributed by atoms with van der Waals surface area (Å²) in [7, 11) is -3.38. The van der Waals surface area contributed by atoms with E-state index in [1.807, 2.05) is 0 Å². The smallest absolute Gasteiger partial charge is 0.314 e. The highest BCUT2D eigenvalue weighted by Crippen LogP contribution is 2.28. The molecule has 0 saturated carbocycles. The first-order chi connectivity index (χ1) is 13.6. The number of ether oxygens (including phenoxy) is 1. The van der Waals surface area contributed by atoms with Gasteiger partial charge in [0.25, 0.3) is 0 Å². The van der Waals surface area contributed by atoms with Crippen molar-refractivity contribution in [3.63, 3.8) is 0 Å². The van der Waals surface area contributed by atoms with E-state index in [1.165, 1.54) is 30.5 Å². The van der Waals surface area contributed by atoms with Crippen LogP contribution >= 0.6 is 0 Å². The normalized spacial score (nSPS) is 11.7. The average Bonchev–Trinajstić information content (AvgIpc) is 2.64. The molecule has 0 atom stereocenters. The number of aromatic nitrogens is 2. The molecule has 0 aliphatic rings. The Morgan fingerprint density at radius 2 is 1.72 bits per heavy atom. The summed E-state index contributed by atoms with van der Waals surface area (Å²) in [5.41, 5.74) is -0.322. The molecule has 0 aliphatic carbocycles. The molecule has 9 heteroatoms. The molecular formula is C20H18F2N2O4S. The fourth-order valence-corrected chi connectivity index (χ4v) is 3.33. The lowest BCUT2D eigenvalue weighted by atomic mass is 10.1. The van der Waals surface area contributed by atoms with E-state index >= 15 is 0 Å². The molecular weight excluding hydrogens is 402 g/mol. The number of nitrogens with zero attached hydrogens (tertiary/aromatic N) is 2. The summed E-state index contributed by atoms with van der Waals surface area (Å²) in [6.45, 7) is 3.42. The van der Waals surface area contributed by atoms with Gasteiger partial charge in [-0.25, -0.2) is 17.2 Å². The SMILES string of the molecule is CC(C)Oc1c(-c2ccc(S(C)(=O)=O)cc2)cnn(-c2cc(F)ccc2F)c1=O. The minimum absolute atomic E-state index is 0.106. The summed E-state index contributed by atoms with van der Waals surface area (Å²) in [5, 5.41) is 3.97. The Balaban J connectivity index is 2.20. The number of rotatable bonds is 5. The second-order valence-corrected chi connectivity index (χ2v) is 8.68. The van der Waals surface area contributed by atoms with Crippen molar-refractivity contribution < 1.29 is 21.9 Å². The predicted octanol–water partition coefficient (Wildman–Crippen LogP) is 3.37. The molecule has 0 unspecified atom stereocenters. The Kier molecular flexibility index (Phi) is 5.52. The summed E-state index contributed by atoms with van der Waals surface area (Å²) >= 11 is 0. The summed E-state index contributed by atoms with van der Waals surface area (Å²) in [6.07, 6.45) is 2.00. The molecule has 29 heavy (non-hydrogen) atoms. The molecule has 0 spiro atoms. The van der Waals surface area contributed by atoms with Crippen molar-refractivity contribution in [3.05, 3.63) is 70.6 Å². The van der Waals surface area contributed by atoms with Gasteiger partial charge >= 0.3 is 5.56 Å². The number of halogens is 2. The van der Waals surface area contributed by atoms with E-state index in [9.17, 15) is 22.0 Å². The van der Waals surface area contributed by atoms with Crippen LogP contribution in [0.1, 0.15) is 13.8 Å². The molecule has 0 bridgehead atoms. The van der Waals surface area contributed by atoms with E-state index in [-0.39, 0.29) is 22.4 Å². The van der Waals surface area contributed by atoms with E-state index in [0.29, 0.717) is 11.1 Å². The first kappa shape index (κ1) is 20.7. The molecule has 0 aliphatic heterocycles. The topological polar surface area (TPSA) is 78.3 Å². The Morgan fingerprint density at radius 1 is 1.07 bits per heavy atom. The number of benzene rings is 2. The van der Waals surface area contributed by atoms with Crippen molar-refractivity contribution in [1.29, 1.82) is 0 Å². The number of sulfone groups is 1. The minimum atomic E-state index is -3.38. The maximum Gasteiger partial charge on any atom is 0.314 e. The van der Waals surface area contributed by atoms with Crippen LogP contribution in [0.15, 0.2) is 58.4 Å². The van der Waals surface area contributed by atoms with Gasteiger partial charge in [-0.05, 0) is 43.7 Å². The third kappa shape index (κ3) is 4.34. The van der Waals surface area contributed by atoms with E-state index in [0.717, 1.165) is 29.1 Å². The standard InChI is InChI=1S/C20H18F2N2O4S/c1-12(2)28-19-16(13-4-7-15(8-5-13)29(3,26)27)11-23-24(20(19)25)18-10-14(21)6-9-17(18)22/h4-12H,1-3H3. The van der Waals surface area contributed by atoms with Gasteiger partial charge in [-0.1, -0.05) is 12.1 Å². The van der Waals surface area contributed by atoms with Gasteiger partial charge in [-0.2, -0.15) is 9.78 Å². The zero-order valence-corrected chi connectivity index (χ0v) is 16.7. The Bertz CT molecular complexity index is 1220. The minimum Gasteiger partial charge on any atom is -0.485 e. The highest BCUT2D eigenvalue weighted by atomic mass is 32.2. The average molecular weight is 420 g/mol. The van der Waals surface area contributed by atoms with Gasteiger partial charge in [0.05, 0.1) is 17.2 Å². The monoisotopic (exact) mass is 420 g/mol. The highest BCUT2D eigenvalue weighted by Gasteiger charge is 2.19. The third-order valence-electron chi connectivity index (χ3n) is 4.02. The molecule has 0 radical (unpaired) electrons. The number of hydrogen-bond acceptors (Lipinski definition) is 5. The van der Waals surface area contributed by atoms with Crippen molar-refractivity contribution in [2.24, 2.45) is 0 Å². The fourth-order valence-electron chi connectivity index (χ4n) is 2.69. The van der Waals surface area contributed by atoms with Gasteiger partial charge in [-0.15, -0.1) is 0 Å². The largest absolute Gasteiger partial charge is 0.485 e. The first-order valence-corrected chi connectivity index (χ1v) is 10.5. The van der Waals surface area contributed by atoms with Crippen LogP contribution in [-0.2, 0) is 9.84 Å². The zero-order valence-electron chi connectivity index (χ0n) is 15.9. The first-order valence-electron chi connectivity index (χ1n) is 8.63. The van der Waals surface area contributed by atoms with Crippen molar-refractivity contribution in [2.75, 3.05) is 6.26 Å². The van der Waals surface area contributed by atoms with Gasteiger partial charge in [0, 0.05) is 17.9 Å². The van der Waals surface area contributed by atoms with E-state index in [2.05, 4.69) is 5.10 Å². The van der Waals surface area contributed by atoms with E-state index in [4.69, 9.17) is 4.74 Å². The molecule has 1 heterocycles. The number of hydrogen-bond donors (Lipinski definition) is 0. The molecule has 2 aromatic carbocycles. The van der Waals surface area contributed by atoms with Crippen LogP contribution < -0.4 is 10.3 Å². The van der Waals surface area contributed by atoms with Crippen LogP contribution in [0, 0.1) is 11.6 Å². The second-order valence-electron chi connectivity index (χ2n) is 6.66. The molecule has 3 rings (SSSR count). The van der Waals surface area contributed by atoms with Gasteiger partial charge in [0.2, 0.25) is 0 Å². The molecule has 0 saturated heterocycles. The summed E-state index contributed by atoms with van der Waals surface area (Å²) in [6, 6.07) is 8.56. The molecule has 1 aromatic heterocycles. The lowest BCUT2D eigenvalue weighted by Crippen LogP contribution is -2.26. The maximum atomic E-state index is 14.1. The lowest BCUT2D eigenvalue weighted by Gasteiger charge is -2.16. The van der Waals surface area contributed by atoms with Crippen molar-refractivity contribution >= 4 is 9.84 Å². The molecule has 3 aromatic rings. The van der Waals surface area contributed by atoms with Gasteiger partial charge in [0.15, 0.2) is 15.6 Å². The molecule has 0 N–H and O–H groups in total. The Labute approximate surface area is 166 Å². The Hall–Kier alpha value is -3.07. The fraction of sp³-hybridized carbons (Fsp3) is 0.200. The summed E-state index contributed by atoms with van der Waals surface area (Å²) < 4.78 is 57.4. The van der Waals surface area contributed by atoms with E-state index < -0.39 is 27.0 Å². The van der Waals surface area contributed by atoms with Crippen LogP contribution in [0.4, 0.5) is 8.78 Å². The van der Waals surface area contributed by atoms with Crippen LogP contribution in [0.3, 0.4) is 0 Å². The summed E-state index contributed by atoms with van der Waals surface area (Å²) in [5.74, 6) is -1.64. The third-order valence-corrected chi connectivity index (χ3v) is 5.15. The van der Waals surface area contributed by atoms with Crippen molar-refractivity contribution in [3.8, 4) is 22.6 Å². The van der Waals surface area contributed by atoms with Crippen LogP contribution in [-0.4, -0.2) is 30.6 Å². The zero-order chi connectivity index (χ0) is 21.3. The van der Waals surface area contributed by atoms with Gasteiger partial charge in [-0.3, -0.25) is 4.79 Å². The lowest BCUT2D eigenvalue weighted by molar-refractivity contribution is 0.238. The molecule has 152 valence electrons. The van der Waals surface area contributed by atoms with Gasteiger partial charge in [0.1, 0.15) is 17.3 Å². The van der Waals surface area contributed by atoms with Crippen molar-refractivity contribution in [2.45, 2.75) is 24.8 Å².